The molecular formula is C20H28N4O3S. The molecule has 7 nitrogen and oxygen atoms in total. The first-order valence-electron chi connectivity index (χ1n) is 9.25. The molecule has 0 saturated heterocycles. The Morgan fingerprint density at radius 2 is 2.11 bits per heavy atom. The standard InChI is InChI=1S/C20H28N4O3S/c1-14(18-23-16(13-28-18)15-8-6-10-21-12-15)22-17(25)9-7-11-24(5)19(26)27-20(2,3)4/h6,8,10,12-14H,7,9,11H2,1-5H3,(H,22,25). The van der Waals surface area contributed by atoms with Gasteiger partial charge in [0.25, 0.3) is 0 Å². The normalized spacial score (nSPS) is 12.3. The zero-order valence-corrected chi connectivity index (χ0v) is 17.9. The van der Waals surface area contributed by atoms with Crippen LogP contribution in [0.4, 0.5) is 4.79 Å². The van der Waals surface area contributed by atoms with Crippen molar-refractivity contribution in [3.63, 3.8) is 0 Å². The van der Waals surface area contributed by atoms with Gasteiger partial charge in [-0.25, -0.2) is 9.78 Å². The van der Waals surface area contributed by atoms with E-state index in [4.69, 9.17) is 4.74 Å². The second kappa shape index (κ2) is 9.64. The highest BCUT2D eigenvalue weighted by Crippen LogP contribution is 2.24. The van der Waals surface area contributed by atoms with Gasteiger partial charge in [0.1, 0.15) is 10.6 Å². The number of thiazole rings is 1. The third-order valence-electron chi connectivity index (χ3n) is 3.83. The Kier molecular flexibility index (Phi) is 7.51. The number of carbonyl (C=O) groups is 2. The minimum atomic E-state index is -0.527. The molecule has 8 heteroatoms. The van der Waals surface area contributed by atoms with Crippen LogP contribution < -0.4 is 5.32 Å². The summed E-state index contributed by atoms with van der Waals surface area (Å²) in [4.78, 5) is 34.3. The van der Waals surface area contributed by atoms with Gasteiger partial charge in [0.05, 0.1) is 11.7 Å². The van der Waals surface area contributed by atoms with Gasteiger partial charge in [-0.2, -0.15) is 0 Å². The summed E-state index contributed by atoms with van der Waals surface area (Å²) < 4.78 is 5.29. The molecule has 0 spiro atoms. The maximum Gasteiger partial charge on any atom is 0.410 e. The van der Waals surface area contributed by atoms with Gasteiger partial charge in [0, 0.05) is 43.4 Å². The predicted octanol–water partition coefficient (Wildman–Crippen LogP) is 4.03. The molecule has 0 aliphatic rings. The summed E-state index contributed by atoms with van der Waals surface area (Å²) in [6.45, 7) is 7.85. The molecular weight excluding hydrogens is 376 g/mol. The van der Waals surface area contributed by atoms with Crippen molar-refractivity contribution in [2.24, 2.45) is 0 Å². The lowest BCUT2D eigenvalue weighted by Crippen LogP contribution is -2.35. The van der Waals surface area contributed by atoms with E-state index in [0.29, 0.717) is 19.4 Å². The first-order valence-corrected chi connectivity index (χ1v) is 10.1. The predicted molar refractivity (Wildman–Crippen MR) is 110 cm³/mol. The van der Waals surface area contributed by atoms with Gasteiger partial charge in [-0.05, 0) is 46.2 Å². The van der Waals surface area contributed by atoms with Crippen LogP contribution in [0, 0.1) is 0 Å². The molecule has 2 amide bonds. The molecule has 0 aliphatic heterocycles. The van der Waals surface area contributed by atoms with Crippen molar-refractivity contribution in [1.82, 2.24) is 20.2 Å². The van der Waals surface area contributed by atoms with Gasteiger partial charge in [-0.15, -0.1) is 11.3 Å². The van der Waals surface area contributed by atoms with Crippen molar-refractivity contribution >= 4 is 23.3 Å². The molecule has 1 unspecified atom stereocenters. The molecule has 1 N–H and O–H groups in total. The summed E-state index contributed by atoms with van der Waals surface area (Å²) in [5.74, 6) is -0.0665. The molecule has 2 aromatic heterocycles. The number of aromatic nitrogens is 2. The Bertz CT molecular complexity index is 786. The molecule has 0 radical (unpaired) electrons. The van der Waals surface area contributed by atoms with Crippen LogP contribution in [0.5, 0.6) is 0 Å². The van der Waals surface area contributed by atoms with Gasteiger partial charge in [0.15, 0.2) is 0 Å². The van der Waals surface area contributed by atoms with Gasteiger partial charge < -0.3 is 15.0 Å². The van der Waals surface area contributed by atoms with Crippen molar-refractivity contribution in [2.45, 2.75) is 52.2 Å². The van der Waals surface area contributed by atoms with E-state index in [1.165, 1.54) is 16.2 Å². The molecule has 0 aliphatic carbocycles. The fraction of sp³-hybridized carbons (Fsp3) is 0.500. The summed E-state index contributed by atoms with van der Waals surface area (Å²) in [5, 5.41) is 5.77. The molecule has 0 bridgehead atoms. The summed E-state index contributed by atoms with van der Waals surface area (Å²) in [7, 11) is 1.67. The van der Waals surface area contributed by atoms with Crippen LogP contribution in [-0.4, -0.2) is 46.1 Å². The quantitative estimate of drug-likeness (QED) is 0.753. The summed E-state index contributed by atoms with van der Waals surface area (Å²) >= 11 is 1.51. The number of hydrogen-bond acceptors (Lipinski definition) is 6. The van der Waals surface area contributed by atoms with E-state index in [2.05, 4.69) is 15.3 Å². The minimum Gasteiger partial charge on any atom is -0.444 e. The first-order chi connectivity index (χ1) is 13.2. The van der Waals surface area contributed by atoms with Crippen LogP contribution in [0.15, 0.2) is 29.9 Å². The Labute approximate surface area is 170 Å². The Morgan fingerprint density at radius 3 is 2.75 bits per heavy atom. The van der Waals surface area contributed by atoms with Crippen molar-refractivity contribution in [2.75, 3.05) is 13.6 Å². The number of amides is 2. The van der Waals surface area contributed by atoms with Crippen molar-refractivity contribution < 1.29 is 14.3 Å². The number of rotatable bonds is 7. The van der Waals surface area contributed by atoms with Crippen molar-refractivity contribution in [3.8, 4) is 11.3 Å². The maximum atomic E-state index is 12.2. The third-order valence-corrected chi connectivity index (χ3v) is 4.86. The van der Waals surface area contributed by atoms with Crippen LogP contribution in [0.2, 0.25) is 0 Å². The van der Waals surface area contributed by atoms with Crippen LogP contribution in [0.25, 0.3) is 11.3 Å². The van der Waals surface area contributed by atoms with Gasteiger partial charge in [-0.3, -0.25) is 9.78 Å². The Hall–Kier alpha value is -2.48. The minimum absolute atomic E-state index is 0.0665. The second-order valence-electron chi connectivity index (χ2n) is 7.61. The average Bonchev–Trinajstić information content (AvgIpc) is 3.11. The monoisotopic (exact) mass is 404 g/mol. The molecule has 1 atom stereocenters. The number of ether oxygens (including phenoxy) is 1. The summed E-state index contributed by atoms with van der Waals surface area (Å²) in [5.41, 5.74) is 1.28. The maximum absolute atomic E-state index is 12.2. The number of carbonyl (C=O) groups excluding carboxylic acids is 2. The molecule has 2 rings (SSSR count). The number of hydrogen-bond donors (Lipinski definition) is 1. The lowest BCUT2D eigenvalue weighted by atomic mass is 10.2. The molecule has 0 saturated carbocycles. The molecule has 0 aromatic carbocycles. The number of pyridine rings is 1. The number of nitrogens with zero attached hydrogens (tertiary/aromatic N) is 3. The van der Waals surface area contributed by atoms with Crippen LogP contribution in [0.3, 0.4) is 0 Å². The molecule has 28 heavy (non-hydrogen) atoms. The first kappa shape index (κ1) is 21.8. The van der Waals surface area contributed by atoms with E-state index in [9.17, 15) is 9.59 Å². The van der Waals surface area contributed by atoms with Crippen LogP contribution in [0.1, 0.15) is 51.6 Å². The molecule has 2 aromatic rings. The smallest absolute Gasteiger partial charge is 0.410 e. The lowest BCUT2D eigenvalue weighted by Gasteiger charge is -2.24. The van der Waals surface area contributed by atoms with E-state index < -0.39 is 5.60 Å². The third kappa shape index (κ3) is 6.92. The summed E-state index contributed by atoms with van der Waals surface area (Å²) in [6, 6.07) is 3.65. The van der Waals surface area contributed by atoms with E-state index in [0.717, 1.165) is 16.3 Å². The Balaban J connectivity index is 1.77. The fourth-order valence-corrected chi connectivity index (χ4v) is 3.25. The topological polar surface area (TPSA) is 84.4 Å². The lowest BCUT2D eigenvalue weighted by molar-refractivity contribution is -0.121. The van der Waals surface area contributed by atoms with E-state index in [-0.39, 0.29) is 18.0 Å². The van der Waals surface area contributed by atoms with Crippen molar-refractivity contribution in [3.05, 3.63) is 34.9 Å². The highest BCUT2D eigenvalue weighted by molar-refractivity contribution is 7.10. The van der Waals surface area contributed by atoms with E-state index in [1.54, 1.807) is 19.4 Å². The summed E-state index contributed by atoms with van der Waals surface area (Å²) in [6.07, 6.45) is 4.00. The van der Waals surface area contributed by atoms with E-state index in [1.807, 2.05) is 45.2 Å². The molecule has 0 fully saturated rings. The Morgan fingerprint density at radius 1 is 1.36 bits per heavy atom. The van der Waals surface area contributed by atoms with E-state index >= 15 is 0 Å². The fourth-order valence-electron chi connectivity index (χ4n) is 2.42. The zero-order chi connectivity index (χ0) is 20.7. The SMILES string of the molecule is CC(NC(=O)CCCN(C)C(=O)OC(C)(C)C)c1nc(-c2cccnc2)cs1. The second-order valence-corrected chi connectivity index (χ2v) is 8.50. The molecule has 2 heterocycles. The average molecular weight is 405 g/mol. The number of nitrogens with one attached hydrogen (secondary N) is 1. The van der Waals surface area contributed by atoms with Crippen LogP contribution in [-0.2, 0) is 9.53 Å². The largest absolute Gasteiger partial charge is 0.444 e. The van der Waals surface area contributed by atoms with Gasteiger partial charge >= 0.3 is 6.09 Å². The van der Waals surface area contributed by atoms with Gasteiger partial charge in [-0.1, -0.05) is 0 Å². The van der Waals surface area contributed by atoms with Crippen molar-refractivity contribution in [1.29, 1.82) is 0 Å². The molecule has 152 valence electrons. The highest BCUT2D eigenvalue weighted by Gasteiger charge is 2.20. The van der Waals surface area contributed by atoms with Gasteiger partial charge in [0.2, 0.25) is 5.91 Å². The highest BCUT2D eigenvalue weighted by atomic mass is 32.1. The zero-order valence-electron chi connectivity index (χ0n) is 17.1. The van der Waals surface area contributed by atoms with Crippen LogP contribution >= 0.6 is 11.3 Å².